The molecule has 0 aliphatic carbocycles. The molecule has 0 amide bonds. The minimum atomic E-state index is 0.546. The van der Waals surface area contributed by atoms with Crippen LogP contribution in [0.15, 0.2) is 91.5 Å². The lowest BCUT2D eigenvalue weighted by Gasteiger charge is -2.28. The molecular formula is C25H27N. The Bertz CT molecular complexity index is 816. The third-order valence-electron chi connectivity index (χ3n) is 4.70. The maximum absolute atomic E-state index is 3.89. The van der Waals surface area contributed by atoms with E-state index in [0.717, 1.165) is 13.0 Å². The van der Waals surface area contributed by atoms with E-state index in [9.17, 15) is 0 Å². The molecule has 1 heteroatoms. The number of hydrogen-bond donors (Lipinski definition) is 0. The van der Waals surface area contributed by atoms with Crippen LogP contribution in [0.1, 0.15) is 18.9 Å². The van der Waals surface area contributed by atoms with Crippen LogP contribution in [-0.2, 0) is 0 Å². The Balaban J connectivity index is 1.88. The van der Waals surface area contributed by atoms with Crippen LogP contribution >= 0.6 is 0 Å². The molecule has 26 heavy (non-hydrogen) atoms. The van der Waals surface area contributed by atoms with Crippen molar-refractivity contribution in [1.29, 1.82) is 0 Å². The highest BCUT2D eigenvalue weighted by atomic mass is 15.1. The lowest BCUT2D eigenvalue weighted by Crippen LogP contribution is -2.23. The van der Waals surface area contributed by atoms with Crippen molar-refractivity contribution < 1.29 is 0 Å². The van der Waals surface area contributed by atoms with Crippen molar-refractivity contribution in [3.63, 3.8) is 0 Å². The molecule has 0 bridgehead atoms. The smallest absolute Gasteiger partial charge is 0.0411 e. The Morgan fingerprint density at radius 2 is 1.35 bits per heavy atom. The summed E-state index contributed by atoms with van der Waals surface area (Å²) in [5.74, 6) is 0.546. The van der Waals surface area contributed by atoms with Crippen LogP contribution in [0.25, 0.3) is 11.1 Å². The second-order valence-electron chi connectivity index (χ2n) is 6.99. The van der Waals surface area contributed by atoms with E-state index in [4.69, 9.17) is 0 Å². The van der Waals surface area contributed by atoms with Crippen LogP contribution in [0.4, 0.5) is 11.4 Å². The first-order chi connectivity index (χ1) is 12.7. The monoisotopic (exact) mass is 341 g/mol. The van der Waals surface area contributed by atoms with Crippen LogP contribution in [0.2, 0.25) is 0 Å². The molecule has 1 atom stereocenters. The summed E-state index contributed by atoms with van der Waals surface area (Å²) in [5.41, 5.74) is 6.25. The van der Waals surface area contributed by atoms with Crippen molar-refractivity contribution in [2.75, 3.05) is 11.4 Å². The third kappa shape index (κ3) is 4.43. The Labute approximate surface area is 157 Å². The summed E-state index contributed by atoms with van der Waals surface area (Å²) in [7, 11) is 0. The predicted molar refractivity (Wildman–Crippen MR) is 114 cm³/mol. The van der Waals surface area contributed by atoms with Gasteiger partial charge in [0.05, 0.1) is 0 Å². The summed E-state index contributed by atoms with van der Waals surface area (Å²) in [6.45, 7) is 9.25. The molecule has 0 aliphatic heterocycles. The highest BCUT2D eigenvalue weighted by molar-refractivity contribution is 5.70. The number of aryl methyl sites for hydroxylation is 1. The highest BCUT2D eigenvalue weighted by Gasteiger charge is 2.13. The molecule has 0 radical (unpaired) electrons. The van der Waals surface area contributed by atoms with Crippen LogP contribution in [0.5, 0.6) is 0 Å². The molecule has 0 spiro atoms. The summed E-state index contributed by atoms with van der Waals surface area (Å²) in [4.78, 5) is 2.40. The minimum Gasteiger partial charge on any atom is -0.341 e. The molecule has 0 saturated heterocycles. The van der Waals surface area contributed by atoms with Gasteiger partial charge in [0, 0.05) is 17.9 Å². The summed E-state index contributed by atoms with van der Waals surface area (Å²) in [5, 5.41) is 0. The molecule has 0 N–H and O–H groups in total. The summed E-state index contributed by atoms with van der Waals surface area (Å²) < 4.78 is 0. The number of rotatable bonds is 7. The zero-order valence-electron chi connectivity index (χ0n) is 15.7. The molecule has 3 rings (SSSR count). The molecule has 132 valence electrons. The van der Waals surface area contributed by atoms with Gasteiger partial charge >= 0.3 is 0 Å². The quantitative estimate of drug-likeness (QED) is 0.418. The number of hydrogen-bond acceptors (Lipinski definition) is 1. The van der Waals surface area contributed by atoms with E-state index in [1.807, 2.05) is 6.08 Å². The molecule has 3 aromatic carbocycles. The van der Waals surface area contributed by atoms with E-state index in [1.165, 1.54) is 28.1 Å². The fraction of sp³-hybridized carbons (Fsp3) is 0.200. The second-order valence-corrected chi connectivity index (χ2v) is 6.99. The van der Waals surface area contributed by atoms with E-state index < -0.39 is 0 Å². The van der Waals surface area contributed by atoms with Crippen molar-refractivity contribution in [1.82, 2.24) is 0 Å². The lowest BCUT2D eigenvalue weighted by atomic mass is 10.0. The van der Waals surface area contributed by atoms with Crippen molar-refractivity contribution in [3.05, 3.63) is 97.1 Å². The molecule has 0 aliphatic rings. The fourth-order valence-corrected chi connectivity index (χ4v) is 3.22. The highest BCUT2D eigenvalue weighted by Crippen LogP contribution is 2.29. The molecule has 0 fully saturated rings. The summed E-state index contributed by atoms with van der Waals surface area (Å²) >= 11 is 0. The van der Waals surface area contributed by atoms with Gasteiger partial charge in [-0.2, -0.15) is 0 Å². The number of para-hydroxylation sites is 1. The van der Waals surface area contributed by atoms with Crippen molar-refractivity contribution >= 4 is 11.4 Å². The molecule has 1 nitrogen and oxygen atoms in total. The van der Waals surface area contributed by atoms with E-state index >= 15 is 0 Å². The second kappa shape index (κ2) is 8.53. The maximum atomic E-state index is 3.89. The SMILES string of the molecule is C=CCC(C)CN(c1ccccc1)c1ccc(-c2ccc(C)cc2)cc1. The van der Waals surface area contributed by atoms with Crippen molar-refractivity contribution in [3.8, 4) is 11.1 Å². The molecule has 0 heterocycles. The van der Waals surface area contributed by atoms with Gasteiger partial charge in [-0.3, -0.25) is 0 Å². The molecular weight excluding hydrogens is 314 g/mol. The first-order valence-electron chi connectivity index (χ1n) is 9.28. The first-order valence-corrected chi connectivity index (χ1v) is 9.28. The first kappa shape index (κ1) is 18.0. The maximum Gasteiger partial charge on any atom is 0.0411 e. The van der Waals surface area contributed by atoms with Gasteiger partial charge in [0.15, 0.2) is 0 Å². The van der Waals surface area contributed by atoms with Gasteiger partial charge in [0.2, 0.25) is 0 Å². The van der Waals surface area contributed by atoms with E-state index in [-0.39, 0.29) is 0 Å². The van der Waals surface area contributed by atoms with Gasteiger partial charge in [-0.1, -0.05) is 73.2 Å². The van der Waals surface area contributed by atoms with Gasteiger partial charge in [-0.05, 0) is 54.7 Å². The van der Waals surface area contributed by atoms with Crippen LogP contribution in [0.3, 0.4) is 0 Å². The van der Waals surface area contributed by atoms with Crippen LogP contribution < -0.4 is 4.90 Å². The Hall–Kier alpha value is -2.80. The average Bonchev–Trinajstić information content (AvgIpc) is 2.68. The Morgan fingerprint density at radius 3 is 1.92 bits per heavy atom. The largest absolute Gasteiger partial charge is 0.341 e. The zero-order valence-corrected chi connectivity index (χ0v) is 15.7. The predicted octanol–water partition coefficient (Wildman–Crippen LogP) is 7.01. The summed E-state index contributed by atoms with van der Waals surface area (Å²) in [6.07, 6.45) is 3.03. The normalized spacial score (nSPS) is 11.8. The standard InChI is InChI=1S/C25H27N/c1-4-8-21(3)19-26(24-9-6-5-7-10-24)25-17-15-23(16-18-25)22-13-11-20(2)12-14-22/h4-7,9-18,21H,1,8,19H2,2-3H3. The molecule has 1 unspecified atom stereocenters. The number of allylic oxidation sites excluding steroid dienone is 1. The number of benzene rings is 3. The van der Waals surface area contributed by atoms with Crippen molar-refractivity contribution in [2.45, 2.75) is 20.3 Å². The van der Waals surface area contributed by atoms with E-state index in [1.54, 1.807) is 0 Å². The topological polar surface area (TPSA) is 3.24 Å². The van der Waals surface area contributed by atoms with E-state index in [0.29, 0.717) is 5.92 Å². The van der Waals surface area contributed by atoms with Gasteiger partial charge in [-0.15, -0.1) is 6.58 Å². The number of nitrogens with zero attached hydrogens (tertiary/aromatic N) is 1. The Kier molecular flexibility index (Phi) is 5.91. The van der Waals surface area contributed by atoms with Crippen LogP contribution in [-0.4, -0.2) is 6.54 Å². The molecule has 0 saturated carbocycles. The minimum absolute atomic E-state index is 0.546. The molecule has 0 aromatic heterocycles. The average molecular weight is 341 g/mol. The van der Waals surface area contributed by atoms with Gasteiger partial charge < -0.3 is 4.90 Å². The van der Waals surface area contributed by atoms with Gasteiger partial charge in [-0.25, -0.2) is 0 Å². The lowest BCUT2D eigenvalue weighted by molar-refractivity contribution is 0.598. The third-order valence-corrected chi connectivity index (χ3v) is 4.70. The summed E-state index contributed by atoms with van der Waals surface area (Å²) in [6, 6.07) is 28.2. The van der Waals surface area contributed by atoms with Gasteiger partial charge in [0.25, 0.3) is 0 Å². The fourth-order valence-electron chi connectivity index (χ4n) is 3.22. The number of anilines is 2. The van der Waals surface area contributed by atoms with Crippen LogP contribution in [0, 0.1) is 12.8 Å². The Morgan fingerprint density at radius 1 is 0.808 bits per heavy atom. The zero-order chi connectivity index (χ0) is 18.4. The molecule has 3 aromatic rings. The van der Waals surface area contributed by atoms with Crippen molar-refractivity contribution in [2.24, 2.45) is 5.92 Å². The van der Waals surface area contributed by atoms with Gasteiger partial charge in [0.1, 0.15) is 0 Å². The van der Waals surface area contributed by atoms with E-state index in [2.05, 4.69) is 104 Å².